The van der Waals surface area contributed by atoms with Crippen LogP contribution in [-0.4, -0.2) is 10.9 Å². The van der Waals surface area contributed by atoms with Gasteiger partial charge in [0.25, 0.3) is 0 Å². The molecule has 0 aliphatic heterocycles. The van der Waals surface area contributed by atoms with Crippen molar-refractivity contribution in [3.8, 4) is 5.75 Å². The number of nitro benzene ring substituents is 1. The van der Waals surface area contributed by atoms with Gasteiger partial charge in [-0.25, -0.2) is 9.18 Å². The molecule has 20 heavy (non-hydrogen) atoms. The molecular formula is C13H7FINO4. The summed E-state index contributed by atoms with van der Waals surface area (Å²) in [6, 6.07) is 9.29. The van der Waals surface area contributed by atoms with E-state index < -0.39 is 28.1 Å². The molecular weight excluding hydrogens is 380 g/mol. The summed E-state index contributed by atoms with van der Waals surface area (Å²) in [5.74, 6) is -1.91. The van der Waals surface area contributed by atoms with Crippen molar-refractivity contribution in [2.75, 3.05) is 0 Å². The van der Waals surface area contributed by atoms with Crippen molar-refractivity contribution in [2.24, 2.45) is 0 Å². The number of carbonyl (C=O) groups is 1. The number of ether oxygens (including phenoxy) is 1. The largest absolute Gasteiger partial charge is 0.415 e. The third-order valence-corrected chi connectivity index (χ3v) is 3.36. The molecule has 0 heterocycles. The van der Waals surface area contributed by atoms with Gasteiger partial charge in [-0.3, -0.25) is 10.1 Å². The lowest BCUT2D eigenvalue weighted by atomic mass is 10.2. The number of nitro groups is 1. The maximum Gasteiger partial charge on any atom is 0.344 e. The second-order valence-electron chi connectivity index (χ2n) is 3.74. The van der Waals surface area contributed by atoms with Gasteiger partial charge in [-0.15, -0.1) is 0 Å². The second-order valence-corrected chi connectivity index (χ2v) is 4.90. The number of esters is 1. The van der Waals surface area contributed by atoms with E-state index in [1.165, 1.54) is 6.07 Å². The SMILES string of the molecule is O=C(Oc1cc(F)ccc1[N+](=O)[O-])c1ccccc1I. The Hall–Kier alpha value is -2.03. The van der Waals surface area contributed by atoms with E-state index in [-0.39, 0.29) is 5.56 Å². The molecule has 0 unspecified atom stereocenters. The van der Waals surface area contributed by atoms with Gasteiger partial charge in [0, 0.05) is 15.7 Å². The first-order chi connectivity index (χ1) is 9.49. The summed E-state index contributed by atoms with van der Waals surface area (Å²) >= 11 is 1.94. The van der Waals surface area contributed by atoms with Crippen molar-refractivity contribution >= 4 is 34.2 Å². The molecule has 2 rings (SSSR count). The number of hydrogen-bond acceptors (Lipinski definition) is 4. The molecule has 0 spiro atoms. The van der Waals surface area contributed by atoms with Crippen LogP contribution in [0.15, 0.2) is 42.5 Å². The van der Waals surface area contributed by atoms with Crippen LogP contribution in [0.2, 0.25) is 0 Å². The first-order valence-electron chi connectivity index (χ1n) is 5.39. The number of nitrogens with zero attached hydrogens (tertiary/aromatic N) is 1. The molecule has 0 aromatic heterocycles. The third kappa shape index (κ3) is 3.10. The first kappa shape index (κ1) is 14.4. The molecule has 0 atom stereocenters. The maximum absolute atomic E-state index is 13.1. The normalized spacial score (nSPS) is 10.1. The van der Waals surface area contributed by atoms with Crippen LogP contribution in [0.1, 0.15) is 10.4 Å². The van der Waals surface area contributed by atoms with Gasteiger partial charge in [-0.1, -0.05) is 12.1 Å². The Morgan fingerprint density at radius 3 is 2.60 bits per heavy atom. The Balaban J connectivity index is 2.35. The van der Waals surface area contributed by atoms with Crippen LogP contribution in [-0.2, 0) is 0 Å². The fourth-order valence-electron chi connectivity index (χ4n) is 1.50. The standard InChI is InChI=1S/C13H7FINO4/c14-8-5-6-11(16(18)19)12(7-8)20-13(17)9-3-1-2-4-10(9)15/h1-7H. The molecule has 0 fully saturated rings. The maximum atomic E-state index is 13.1. The number of halogens is 2. The molecule has 0 aliphatic carbocycles. The number of benzene rings is 2. The number of hydrogen-bond donors (Lipinski definition) is 0. The van der Waals surface area contributed by atoms with Crippen LogP contribution in [0.5, 0.6) is 5.75 Å². The number of rotatable bonds is 3. The third-order valence-electron chi connectivity index (χ3n) is 2.41. The molecule has 2 aromatic rings. The average molecular weight is 387 g/mol. The topological polar surface area (TPSA) is 69.4 Å². The summed E-state index contributed by atoms with van der Waals surface area (Å²) in [5.41, 5.74) is -0.211. The molecule has 0 radical (unpaired) electrons. The molecule has 0 saturated carbocycles. The van der Waals surface area contributed by atoms with Gasteiger partial charge in [0.05, 0.1) is 10.5 Å². The molecule has 0 N–H and O–H groups in total. The van der Waals surface area contributed by atoms with E-state index in [4.69, 9.17) is 4.74 Å². The molecule has 2 aromatic carbocycles. The van der Waals surface area contributed by atoms with E-state index in [0.717, 1.165) is 18.2 Å². The Kier molecular flexibility index (Phi) is 4.28. The van der Waals surface area contributed by atoms with Gasteiger partial charge in [-0.05, 0) is 40.8 Å². The zero-order chi connectivity index (χ0) is 14.7. The Morgan fingerprint density at radius 2 is 1.95 bits per heavy atom. The highest BCUT2D eigenvalue weighted by molar-refractivity contribution is 14.1. The molecule has 102 valence electrons. The van der Waals surface area contributed by atoms with Gasteiger partial charge in [0.2, 0.25) is 5.75 Å². The van der Waals surface area contributed by atoms with E-state index in [1.54, 1.807) is 18.2 Å². The van der Waals surface area contributed by atoms with E-state index in [0.29, 0.717) is 3.57 Å². The Labute approximate surface area is 126 Å². The molecule has 0 amide bonds. The quantitative estimate of drug-likeness (QED) is 0.266. The van der Waals surface area contributed by atoms with E-state index in [9.17, 15) is 19.3 Å². The lowest BCUT2D eigenvalue weighted by Crippen LogP contribution is -2.11. The van der Waals surface area contributed by atoms with Crippen LogP contribution in [0.3, 0.4) is 0 Å². The molecule has 0 bridgehead atoms. The predicted octanol–water partition coefficient (Wildman–Crippen LogP) is 3.56. The zero-order valence-corrected chi connectivity index (χ0v) is 12.0. The summed E-state index contributed by atoms with van der Waals surface area (Å²) in [6.45, 7) is 0. The summed E-state index contributed by atoms with van der Waals surface area (Å²) in [5, 5.41) is 10.8. The van der Waals surface area contributed by atoms with Crippen LogP contribution >= 0.6 is 22.6 Å². The minimum absolute atomic E-state index is 0.256. The minimum Gasteiger partial charge on any atom is -0.415 e. The van der Waals surface area contributed by atoms with Crippen molar-refractivity contribution in [3.63, 3.8) is 0 Å². The van der Waals surface area contributed by atoms with E-state index >= 15 is 0 Å². The molecule has 0 aliphatic rings. The second kappa shape index (κ2) is 5.95. The smallest absolute Gasteiger partial charge is 0.344 e. The fourth-order valence-corrected chi connectivity index (χ4v) is 2.11. The van der Waals surface area contributed by atoms with Crippen molar-refractivity contribution in [3.05, 3.63) is 67.5 Å². The Bertz CT molecular complexity index is 690. The van der Waals surface area contributed by atoms with Crippen LogP contribution in [0, 0.1) is 19.5 Å². The number of carbonyl (C=O) groups excluding carboxylic acids is 1. The lowest BCUT2D eigenvalue weighted by Gasteiger charge is -2.06. The van der Waals surface area contributed by atoms with E-state index in [1.807, 2.05) is 22.6 Å². The first-order valence-corrected chi connectivity index (χ1v) is 6.47. The lowest BCUT2D eigenvalue weighted by molar-refractivity contribution is -0.385. The molecule has 0 saturated heterocycles. The van der Waals surface area contributed by atoms with Gasteiger partial charge < -0.3 is 4.74 Å². The Morgan fingerprint density at radius 1 is 1.25 bits per heavy atom. The molecule has 5 nitrogen and oxygen atoms in total. The average Bonchev–Trinajstić information content (AvgIpc) is 2.38. The van der Waals surface area contributed by atoms with Gasteiger partial charge in [-0.2, -0.15) is 0 Å². The monoisotopic (exact) mass is 387 g/mol. The fraction of sp³-hybridized carbons (Fsp3) is 0. The van der Waals surface area contributed by atoms with Crippen LogP contribution in [0.25, 0.3) is 0 Å². The van der Waals surface area contributed by atoms with Crippen molar-refractivity contribution in [1.29, 1.82) is 0 Å². The van der Waals surface area contributed by atoms with Gasteiger partial charge in [0.1, 0.15) is 5.82 Å². The predicted molar refractivity (Wildman–Crippen MR) is 77.2 cm³/mol. The highest BCUT2D eigenvalue weighted by atomic mass is 127. The van der Waals surface area contributed by atoms with Crippen LogP contribution in [0.4, 0.5) is 10.1 Å². The van der Waals surface area contributed by atoms with Crippen LogP contribution < -0.4 is 4.74 Å². The molecule has 7 heteroatoms. The highest BCUT2D eigenvalue weighted by Crippen LogP contribution is 2.28. The van der Waals surface area contributed by atoms with Gasteiger partial charge >= 0.3 is 11.7 Å². The summed E-state index contributed by atoms with van der Waals surface area (Å²) in [7, 11) is 0. The minimum atomic E-state index is -0.774. The summed E-state index contributed by atoms with van der Waals surface area (Å²) < 4.78 is 18.7. The summed E-state index contributed by atoms with van der Waals surface area (Å²) in [6.07, 6.45) is 0. The zero-order valence-electron chi connectivity index (χ0n) is 9.88. The highest BCUT2D eigenvalue weighted by Gasteiger charge is 2.20. The van der Waals surface area contributed by atoms with Crippen molar-refractivity contribution < 1.29 is 18.8 Å². The van der Waals surface area contributed by atoms with Gasteiger partial charge in [0.15, 0.2) is 0 Å². The summed E-state index contributed by atoms with van der Waals surface area (Å²) in [4.78, 5) is 22.0. The van der Waals surface area contributed by atoms with Crippen molar-refractivity contribution in [2.45, 2.75) is 0 Å². The van der Waals surface area contributed by atoms with Crippen molar-refractivity contribution in [1.82, 2.24) is 0 Å². The van der Waals surface area contributed by atoms with E-state index in [2.05, 4.69) is 0 Å².